The van der Waals surface area contributed by atoms with Gasteiger partial charge in [0.1, 0.15) is 24.1 Å². The highest BCUT2D eigenvalue weighted by molar-refractivity contribution is 5.23. The molecule has 0 aliphatic carbocycles. The van der Waals surface area contributed by atoms with Gasteiger partial charge in [-0.2, -0.15) is 4.98 Å². The fourth-order valence-corrected chi connectivity index (χ4v) is 2.12. The maximum atomic E-state index is 11.8. The molecule has 4 atom stereocenters. The normalized spacial score (nSPS) is 30.7. The number of ether oxygens (including phenoxy) is 3. The minimum absolute atomic E-state index is 0.127. The van der Waals surface area contributed by atoms with Crippen molar-refractivity contribution in [2.75, 3.05) is 26.6 Å². The highest BCUT2D eigenvalue weighted by Gasteiger charge is 2.45. The van der Waals surface area contributed by atoms with Gasteiger partial charge in [-0.25, -0.2) is 4.79 Å². The third-order valence-corrected chi connectivity index (χ3v) is 3.04. The third-order valence-electron chi connectivity index (χ3n) is 3.04. The van der Waals surface area contributed by atoms with E-state index < -0.39 is 30.2 Å². The highest BCUT2D eigenvalue weighted by Crippen LogP contribution is 2.30. The van der Waals surface area contributed by atoms with Gasteiger partial charge in [0.15, 0.2) is 6.23 Å². The first kappa shape index (κ1) is 13.9. The lowest BCUT2D eigenvalue weighted by molar-refractivity contribution is -0.0668. The Hall–Kier alpha value is -1.48. The largest absolute Gasteiger partial charge is 0.387 e. The fourth-order valence-electron chi connectivity index (χ4n) is 2.12. The summed E-state index contributed by atoms with van der Waals surface area (Å²) in [6.45, 7) is 0.203. The lowest BCUT2D eigenvalue weighted by Gasteiger charge is -2.20. The topological polar surface area (TPSA) is 109 Å². The Labute approximate surface area is 109 Å². The second-order valence-electron chi connectivity index (χ2n) is 4.25. The zero-order valence-electron chi connectivity index (χ0n) is 10.7. The van der Waals surface area contributed by atoms with Gasteiger partial charge in [-0.1, -0.05) is 0 Å². The summed E-state index contributed by atoms with van der Waals surface area (Å²) in [6.07, 6.45) is -1.43. The molecule has 1 aliphatic rings. The first-order valence-electron chi connectivity index (χ1n) is 5.78. The Bertz CT molecular complexity index is 491. The fraction of sp³-hybridized carbons (Fsp3) is 0.636. The molecule has 2 heterocycles. The van der Waals surface area contributed by atoms with Crippen molar-refractivity contribution in [1.29, 1.82) is 0 Å². The number of aromatic nitrogens is 2. The number of nitrogens with two attached hydrogens (primary N) is 1. The maximum absolute atomic E-state index is 11.8. The van der Waals surface area contributed by atoms with Gasteiger partial charge in [0, 0.05) is 20.4 Å². The van der Waals surface area contributed by atoms with Crippen LogP contribution in [0.3, 0.4) is 0 Å². The molecule has 2 rings (SSSR count). The molecule has 0 bridgehead atoms. The summed E-state index contributed by atoms with van der Waals surface area (Å²) < 4.78 is 17.0. The molecular formula is C11H17N3O5. The van der Waals surface area contributed by atoms with Crippen molar-refractivity contribution in [3.05, 3.63) is 22.7 Å². The lowest BCUT2D eigenvalue weighted by Crippen LogP contribution is -2.37. The van der Waals surface area contributed by atoms with Crippen molar-refractivity contribution in [2.45, 2.75) is 24.5 Å². The molecule has 8 heteroatoms. The molecular weight excluding hydrogens is 254 g/mol. The number of methoxy groups -OCH3 is 2. The van der Waals surface area contributed by atoms with Gasteiger partial charge in [-0.3, -0.25) is 4.57 Å². The van der Waals surface area contributed by atoms with Gasteiger partial charge in [0.05, 0.1) is 6.61 Å². The van der Waals surface area contributed by atoms with Gasteiger partial charge in [0.25, 0.3) is 0 Å². The minimum Gasteiger partial charge on any atom is -0.387 e. The van der Waals surface area contributed by atoms with E-state index in [1.165, 1.54) is 31.0 Å². The molecule has 1 saturated heterocycles. The van der Waals surface area contributed by atoms with Crippen LogP contribution in [0, 0.1) is 0 Å². The van der Waals surface area contributed by atoms with Gasteiger partial charge in [-0.15, -0.1) is 0 Å². The van der Waals surface area contributed by atoms with E-state index in [1.54, 1.807) is 0 Å². The number of hydrogen-bond acceptors (Lipinski definition) is 7. The summed E-state index contributed by atoms with van der Waals surface area (Å²) in [5, 5.41) is 10.1. The molecule has 0 saturated carbocycles. The molecule has 4 unspecified atom stereocenters. The molecule has 0 spiro atoms. The second kappa shape index (κ2) is 5.66. The summed E-state index contributed by atoms with van der Waals surface area (Å²) in [5.41, 5.74) is 4.87. The van der Waals surface area contributed by atoms with Gasteiger partial charge >= 0.3 is 5.69 Å². The average molecular weight is 271 g/mol. The molecule has 0 amide bonds. The zero-order valence-corrected chi connectivity index (χ0v) is 10.7. The van der Waals surface area contributed by atoms with Crippen LogP contribution in [-0.2, 0) is 14.2 Å². The Morgan fingerprint density at radius 3 is 2.89 bits per heavy atom. The highest BCUT2D eigenvalue weighted by atomic mass is 16.6. The van der Waals surface area contributed by atoms with Crippen LogP contribution < -0.4 is 11.4 Å². The smallest absolute Gasteiger partial charge is 0.351 e. The molecule has 3 N–H and O–H groups in total. The standard InChI is InChI=1S/C11H17N3O5/c1-17-5-6-8(15)9(18-2)10(19-6)14-4-3-7(12)13-11(14)16/h3-4,6,8-10,15H,5H2,1-2H3,(H2,12,13,16). The molecule has 1 aliphatic heterocycles. The molecule has 1 aromatic rings. The Kier molecular flexibility index (Phi) is 4.15. The minimum atomic E-state index is -0.889. The quantitative estimate of drug-likeness (QED) is 0.703. The van der Waals surface area contributed by atoms with E-state index in [0.717, 1.165) is 0 Å². The molecule has 106 valence electrons. The van der Waals surface area contributed by atoms with Crippen LogP contribution in [0.1, 0.15) is 6.23 Å². The molecule has 0 aromatic carbocycles. The SMILES string of the molecule is COCC1OC(n2ccc(N)nc2=O)C(OC)C1O. The van der Waals surface area contributed by atoms with E-state index in [9.17, 15) is 9.90 Å². The number of anilines is 1. The Morgan fingerprint density at radius 2 is 2.32 bits per heavy atom. The number of aliphatic hydroxyl groups is 1. The monoisotopic (exact) mass is 271 g/mol. The second-order valence-corrected chi connectivity index (χ2v) is 4.25. The predicted molar refractivity (Wildman–Crippen MR) is 65.5 cm³/mol. The Morgan fingerprint density at radius 1 is 1.58 bits per heavy atom. The summed E-state index contributed by atoms with van der Waals surface area (Å²) in [4.78, 5) is 15.4. The van der Waals surface area contributed by atoms with E-state index in [-0.39, 0.29) is 12.4 Å². The van der Waals surface area contributed by atoms with E-state index in [2.05, 4.69) is 4.98 Å². The first-order valence-corrected chi connectivity index (χ1v) is 5.78. The molecule has 19 heavy (non-hydrogen) atoms. The third kappa shape index (κ3) is 2.61. The van der Waals surface area contributed by atoms with Gasteiger partial charge in [0.2, 0.25) is 0 Å². The number of aliphatic hydroxyl groups excluding tert-OH is 1. The average Bonchev–Trinajstić information content (AvgIpc) is 2.67. The summed E-state index contributed by atoms with van der Waals surface area (Å²) in [7, 11) is 2.94. The van der Waals surface area contributed by atoms with Crippen molar-refractivity contribution in [3.63, 3.8) is 0 Å². The Balaban J connectivity index is 2.30. The summed E-state index contributed by atoms with van der Waals surface area (Å²) >= 11 is 0. The number of nitrogen functional groups attached to an aromatic ring is 1. The zero-order chi connectivity index (χ0) is 14.0. The van der Waals surface area contributed by atoms with Crippen LogP contribution in [0.15, 0.2) is 17.1 Å². The molecule has 1 fully saturated rings. The number of hydrogen-bond donors (Lipinski definition) is 2. The van der Waals surface area contributed by atoms with Crippen LogP contribution >= 0.6 is 0 Å². The van der Waals surface area contributed by atoms with E-state index >= 15 is 0 Å². The van der Waals surface area contributed by atoms with Crippen molar-refractivity contribution < 1.29 is 19.3 Å². The van der Waals surface area contributed by atoms with Crippen LogP contribution in [-0.4, -0.2) is 53.8 Å². The van der Waals surface area contributed by atoms with E-state index in [1.807, 2.05) is 0 Å². The summed E-state index contributed by atoms with van der Waals surface area (Å²) in [6, 6.07) is 1.48. The van der Waals surface area contributed by atoms with Crippen LogP contribution in [0.25, 0.3) is 0 Å². The number of rotatable bonds is 4. The van der Waals surface area contributed by atoms with Gasteiger partial charge in [-0.05, 0) is 6.07 Å². The first-order chi connectivity index (χ1) is 9.08. The molecule has 8 nitrogen and oxygen atoms in total. The maximum Gasteiger partial charge on any atom is 0.351 e. The van der Waals surface area contributed by atoms with Crippen molar-refractivity contribution >= 4 is 5.82 Å². The van der Waals surface area contributed by atoms with E-state index in [4.69, 9.17) is 19.9 Å². The molecule has 0 radical (unpaired) electrons. The van der Waals surface area contributed by atoms with Crippen LogP contribution in [0.4, 0.5) is 5.82 Å². The van der Waals surface area contributed by atoms with Crippen molar-refractivity contribution in [2.24, 2.45) is 0 Å². The van der Waals surface area contributed by atoms with Gasteiger partial charge < -0.3 is 25.1 Å². The van der Waals surface area contributed by atoms with Crippen LogP contribution in [0.5, 0.6) is 0 Å². The lowest BCUT2D eigenvalue weighted by atomic mass is 10.1. The van der Waals surface area contributed by atoms with Crippen molar-refractivity contribution in [1.82, 2.24) is 9.55 Å². The van der Waals surface area contributed by atoms with Crippen molar-refractivity contribution in [3.8, 4) is 0 Å². The number of nitrogens with zero attached hydrogens (tertiary/aromatic N) is 2. The molecule has 1 aromatic heterocycles. The summed E-state index contributed by atoms with van der Waals surface area (Å²) in [5.74, 6) is 0.127. The predicted octanol–water partition coefficient (Wildman–Crippen LogP) is -1.25. The van der Waals surface area contributed by atoms with Crippen LogP contribution in [0.2, 0.25) is 0 Å². The van der Waals surface area contributed by atoms with E-state index in [0.29, 0.717) is 0 Å².